The molecule has 1 aliphatic heterocycles. The number of hydrogen-bond acceptors (Lipinski definition) is 5. The number of halogens is 3. The van der Waals surface area contributed by atoms with E-state index in [0.29, 0.717) is 10.5 Å². The number of fused-ring (bicyclic) bond motifs is 1. The van der Waals surface area contributed by atoms with Crippen LogP contribution in [0.1, 0.15) is 13.8 Å². The van der Waals surface area contributed by atoms with Crippen LogP contribution in [0.5, 0.6) is 0 Å². The van der Waals surface area contributed by atoms with Crippen molar-refractivity contribution in [3.8, 4) is 0 Å². The van der Waals surface area contributed by atoms with E-state index in [2.05, 4.69) is 10.1 Å². The Balaban J connectivity index is 2.11. The van der Waals surface area contributed by atoms with Crippen LogP contribution < -0.4 is 5.01 Å². The molecule has 1 aromatic heterocycles. The molecule has 126 valence electrons. The summed E-state index contributed by atoms with van der Waals surface area (Å²) in [6.45, 7) is 3.09. The molecule has 0 unspecified atom stereocenters. The fraction of sp³-hybridized carbons (Fsp3) is 0.267. The van der Waals surface area contributed by atoms with Gasteiger partial charge in [0.1, 0.15) is 11.3 Å². The van der Waals surface area contributed by atoms with E-state index in [1.54, 1.807) is 31.2 Å². The minimum Gasteiger partial charge on any atom is -0.498 e. The maximum atomic E-state index is 13.3. The summed E-state index contributed by atoms with van der Waals surface area (Å²) in [6, 6.07) is 7.03. The van der Waals surface area contributed by atoms with Crippen LogP contribution in [0, 0.1) is 0 Å². The fourth-order valence-electron chi connectivity index (χ4n) is 2.29. The van der Waals surface area contributed by atoms with E-state index in [0.717, 1.165) is 16.0 Å². The number of allylic oxidation sites excluding steroid dienone is 1. The number of ether oxygens (including phenoxy) is 1. The monoisotopic (exact) mass is 355 g/mol. The smallest absolute Gasteiger partial charge is 0.436 e. The normalized spacial score (nSPS) is 17.5. The highest BCUT2D eigenvalue weighted by Crippen LogP contribution is 2.36. The highest BCUT2D eigenvalue weighted by atomic mass is 32.1. The maximum absolute atomic E-state index is 13.3. The topological polar surface area (TPSA) is 54.8 Å². The molecule has 0 saturated heterocycles. The summed E-state index contributed by atoms with van der Waals surface area (Å²) in [7, 11) is 0. The maximum Gasteiger partial charge on any atom is 0.436 e. The van der Waals surface area contributed by atoms with Crippen LogP contribution in [-0.2, 0) is 9.53 Å². The van der Waals surface area contributed by atoms with Crippen LogP contribution in [0.25, 0.3) is 10.2 Å². The Morgan fingerprint density at radius 3 is 2.67 bits per heavy atom. The van der Waals surface area contributed by atoms with Gasteiger partial charge in [-0.2, -0.15) is 23.3 Å². The number of thiazole rings is 1. The molecule has 0 saturated carbocycles. The molecule has 0 spiro atoms. The molecular weight excluding hydrogens is 343 g/mol. The number of para-hydroxylation sites is 1. The summed E-state index contributed by atoms with van der Waals surface area (Å²) >= 11 is 1.09. The first-order valence-electron chi connectivity index (χ1n) is 7.02. The first-order valence-corrected chi connectivity index (χ1v) is 7.84. The molecule has 2 aromatic rings. The van der Waals surface area contributed by atoms with E-state index >= 15 is 0 Å². The molecule has 1 aromatic carbocycles. The van der Waals surface area contributed by atoms with Gasteiger partial charge < -0.3 is 4.74 Å². The largest absolute Gasteiger partial charge is 0.498 e. The summed E-state index contributed by atoms with van der Waals surface area (Å²) in [4.78, 5) is 16.7. The molecule has 0 aliphatic carbocycles. The van der Waals surface area contributed by atoms with Gasteiger partial charge in [-0.05, 0) is 26.0 Å². The lowest BCUT2D eigenvalue weighted by Crippen LogP contribution is -2.27. The third-order valence-corrected chi connectivity index (χ3v) is 4.30. The number of alkyl halides is 3. The zero-order chi connectivity index (χ0) is 17.5. The molecule has 1 aliphatic rings. The molecular formula is C15H12F3N3O2S. The molecule has 9 heteroatoms. The van der Waals surface area contributed by atoms with Crippen molar-refractivity contribution < 1.29 is 22.7 Å². The van der Waals surface area contributed by atoms with Gasteiger partial charge in [-0.15, -0.1) is 0 Å². The summed E-state index contributed by atoms with van der Waals surface area (Å²) < 4.78 is 45.6. The van der Waals surface area contributed by atoms with Gasteiger partial charge in [0.15, 0.2) is 5.71 Å². The number of carbonyl (C=O) groups is 1. The molecule has 0 atom stereocenters. The SMILES string of the molecule is CCOC(C)=C1C(=O)N(c2nc3ccccc3s2)N=C1C(F)(F)F. The molecule has 0 bridgehead atoms. The lowest BCUT2D eigenvalue weighted by Gasteiger charge is -2.10. The summed E-state index contributed by atoms with van der Waals surface area (Å²) in [6.07, 6.45) is -4.77. The second-order valence-electron chi connectivity index (χ2n) is 4.89. The van der Waals surface area contributed by atoms with Crippen molar-refractivity contribution in [2.45, 2.75) is 20.0 Å². The summed E-state index contributed by atoms with van der Waals surface area (Å²) in [5.74, 6) is -1.01. The van der Waals surface area contributed by atoms with Crippen LogP contribution in [0.15, 0.2) is 40.7 Å². The van der Waals surface area contributed by atoms with E-state index in [1.165, 1.54) is 6.92 Å². The predicted octanol–water partition coefficient (Wildman–Crippen LogP) is 3.87. The standard InChI is InChI=1S/C15H12F3N3O2S/c1-3-23-8(2)11-12(15(16,17)18)20-21(13(11)22)14-19-9-6-4-5-7-10(9)24-14/h4-7H,3H2,1-2H3. The van der Waals surface area contributed by atoms with Crippen LogP contribution in [0.4, 0.5) is 18.3 Å². The lowest BCUT2D eigenvalue weighted by molar-refractivity contribution is -0.114. The van der Waals surface area contributed by atoms with E-state index < -0.39 is 23.4 Å². The lowest BCUT2D eigenvalue weighted by atomic mass is 10.1. The number of amides is 1. The first kappa shape index (κ1) is 16.4. The number of benzene rings is 1. The van der Waals surface area contributed by atoms with Gasteiger partial charge in [0.2, 0.25) is 5.13 Å². The number of anilines is 1. The van der Waals surface area contributed by atoms with Crippen molar-refractivity contribution in [1.29, 1.82) is 0 Å². The van der Waals surface area contributed by atoms with Gasteiger partial charge >= 0.3 is 6.18 Å². The number of rotatable bonds is 3. The predicted molar refractivity (Wildman–Crippen MR) is 84.9 cm³/mol. The van der Waals surface area contributed by atoms with Crippen molar-refractivity contribution in [1.82, 2.24) is 4.98 Å². The van der Waals surface area contributed by atoms with E-state index in [9.17, 15) is 18.0 Å². The zero-order valence-corrected chi connectivity index (χ0v) is 13.5. The van der Waals surface area contributed by atoms with E-state index in [-0.39, 0.29) is 17.5 Å². The fourth-order valence-corrected chi connectivity index (χ4v) is 3.20. The highest BCUT2D eigenvalue weighted by molar-refractivity contribution is 7.22. The van der Waals surface area contributed by atoms with E-state index in [1.807, 2.05) is 0 Å². The Kier molecular flexibility index (Phi) is 4.04. The Labute approximate surface area is 139 Å². The Morgan fingerprint density at radius 1 is 1.33 bits per heavy atom. The minimum atomic E-state index is -4.77. The number of aromatic nitrogens is 1. The number of nitrogens with zero attached hydrogens (tertiary/aromatic N) is 3. The van der Waals surface area contributed by atoms with Crippen molar-refractivity contribution in [3.05, 3.63) is 35.6 Å². The number of hydrazone groups is 1. The van der Waals surface area contributed by atoms with Crippen molar-refractivity contribution in [3.63, 3.8) is 0 Å². The second kappa shape index (κ2) is 5.90. The molecule has 24 heavy (non-hydrogen) atoms. The number of hydrogen-bond donors (Lipinski definition) is 0. The van der Waals surface area contributed by atoms with E-state index in [4.69, 9.17) is 4.74 Å². The van der Waals surface area contributed by atoms with Crippen LogP contribution in [0.2, 0.25) is 0 Å². The van der Waals surface area contributed by atoms with Crippen LogP contribution in [0.3, 0.4) is 0 Å². The average molecular weight is 355 g/mol. The van der Waals surface area contributed by atoms with Gasteiger partial charge in [-0.1, -0.05) is 23.5 Å². The molecule has 1 amide bonds. The molecule has 2 heterocycles. The quantitative estimate of drug-likeness (QED) is 0.620. The molecule has 0 fully saturated rings. The average Bonchev–Trinajstić information content (AvgIpc) is 3.07. The van der Waals surface area contributed by atoms with Gasteiger partial charge in [0, 0.05) is 0 Å². The molecule has 0 N–H and O–H groups in total. The molecule has 0 radical (unpaired) electrons. The first-order chi connectivity index (χ1) is 11.3. The Morgan fingerprint density at radius 2 is 2.04 bits per heavy atom. The zero-order valence-electron chi connectivity index (χ0n) is 12.7. The van der Waals surface area contributed by atoms with Crippen LogP contribution >= 0.6 is 11.3 Å². The van der Waals surface area contributed by atoms with Gasteiger partial charge in [0.25, 0.3) is 5.91 Å². The summed E-state index contributed by atoms with van der Waals surface area (Å²) in [5.41, 5.74) is -1.26. The summed E-state index contributed by atoms with van der Waals surface area (Å²) in [5, 5.41) is 4.25. The van der Waals surface area contributed by atoms with Crippen LogP contribution in [-0.4, -0.2) is 29.4 Å². The number of carbonyl (C=O) groups excluding carboxylic acids is 1. The van der Waals surface area contributed by atoms with Gasteiger partial charge in [-0.3, -0.25) is 4.79 Å². The van der Waals surface area contributed by atoms with Crippen molar-refractivity contribution in [2.75, 3.05) is 11.6 Å². The van der Waals surface area contributed by atoms with Crippen molar-refractivity contribution in [2.24, 2.45) is 5.10 Å². The second-order valence-corrected chi connectivity index (χ2v) is 5.90. The third kappa shape index (κ3) is 2.75. The molecule has 5 nitrogen and oxygen atoms in total. The Bertz CT molecular complexity index is 837. The molecule has 3 rings (SSSR count). The van der Waals surface area contributed by atoms with Crippen molar-refractivity contribution >= 4 is 38.3 Å². The Hall–Kier alpha value is -2.42. The minimum absolute atomic E-state index is 0.0854. The highest BCUT2D eigenvalue weighted by Gasteiger charge is 2.49. The third-order valence-electron chi connectivity index (χ3n) is 3.29. The van der Waals surface area contributed by atoms with Gasteiger partial charge in [0.05, 0.1) is 16.8 Å². The van der Waals surface area contributed by atoms with Gasteiger partial charge in [-0.25, -0.2) is 4.98 Å².